The van der Waals surface area contributed by atoms with Gasteiger partial charge in [-0.1, -0.05) is 50.2 Å². The van der Waals surface area contributed by atoms with Crippen LogP contribution in [0.3, 0.4) is 0 Å². The van der Waals surface area contributed by atoms with Crippen LogP contribution in [0.5, 0.6) is 5.75 Å². The highest BCUT2D eigenvalue weighted by molar-refractivity contribution is 5.99. The Morgan fingerprint density at radius 1 is 1.11 bits per heavy atom. The van der Waals surface area contributed by atoms with Gasteiger partial charge < -0.3 is 20.6 Å². The standard InChI is InChI=1S/C21H27N3O3/c1-14(27-24-19(22)17-8-6-7-9-18(17)26-5)20(25)23-16-12-10-15(11-13-16)21(2,3)4/h6-14H,1-5H3,(H2,22,24)(H,23,25). The predicted octanol–water partition coefficient (Wildman–Crippen LogP) is 3.66. The number of anilines is 1. The normalized spacial score (nSPS) is 13.0. The third-order valence-electron chi connectivity index (χ3n) is 4.08. The Morgan fingerprint density at radius 3 is 2.33 bits per heavy atom. The van der Waals surface area contributed by atoms with E-state index >= 15 is 0 Å². The summed E-state index contributed by atoms with van der Waals surface area (Å²) in [6.07, 6.45) is -0.805. The maximum absolute atomic E-state index is 12.3. The number of methoxy groups -OCH3 is 1. The number of ether oxygens (including phenoxy) is 1. The van der Waals surface area contributed by atoms with Gasteiger partial charge in [-0.15, -0.1) is 0 Å². The maximum Gasteiger partial charge on any atom is 0.267 e. The second kappa shape index (κ2) is 8.58. The molecular weight excluding hydrogens is 342 g/mol. The molecule has 0 radical (unpaired) electrons. The lowest BCUT2D eigenvalue weighted by Crippen LogP contribution is -2.27. The minimum Gasteiger partial charge on any atom is -0.496 e. The Hall–Kier alpha value is -3.02. The van der Waals surface area contributed by atoms with Crippen LogP contribution in [0.15, 0.2) is 53.7 Å². The number of rotatable bonds is 6. The summed E-state index contributed by atoms with van der Waals surface area (Å²) in [6.45, 7) is 8.03. The van der Waals surface area contributed by atoms with Gasteiger partial charge in [-0.05, 0) is 42.2 Å². The van der Waals surface area contributed by atoms with Crippen LogP contribution < -0.4 is 15.8 Å². The van der Waals surface area contributed by atoms with Gasteiger partial charge >= 0.3 is 0 Å². The van der Waals surface area contributed by atoms with Gasteiger partial charge in [0.2, 0.25) is 6.10 Å². The molecule has 6 nitrogen and oxygen atoms in total. The van der Waals surface area contributed by atoms with E-state index in [0.717, 1.165) is 0 Å². The van der Waals surface area contributed by atoms with Gasteiger partial charge in [-0.25, -0.2) is 0 Å². The van der Waals surface area contributed by atoms with Crippen molar-refractivity contribution in [3.05, 3.63) is 59.7 Å². The molecule has 6 heteroatoms. The Morgan fingerprint density at radius 2 is 1.74 bits per heavy atom. The van der Waals surface area contributed by atoms with Crippen LogP contribution in [-0.2, 0) is 15.0 Å². The molecule has 2 aromatic carbocycles. The van der Waals surface area contributed by atoms with E-state index in [1.807, 2.05) is 36.4 Å². The first-order valence-electron chi connectivity index (χ1n) is 8.76. The summed E-state index contributed by atoms with van der Waals surface area (Å²) in [5.41, 5.74) is 8.50. The predicted molar refractivity (Wildman–Crippen MR) is 108 cm³/mol. The molecule has 2 rings (SSSR count). The molecule has 1 unspecified atom stereocenters. The Labute approximate surface area is 160 Å². The summed E-state index contributed by atoms with van der Waals surface area (Å²) >= 11 is 0. The molecule has 0 aromatic heterocycles. The first kappa shape index (κ1) is 20.3. The van der Waals surface area contributed by atoms with E-state index < -0.39 is 6.10 Å². The molecule has 27 heavy (non-hydrogen) atoms. The number of carbonyl (C=O) groups is 1. The van der Waals surface area contributed by atoms with Crippen molar-refractivity contribution in [1.29, 1.82) is 0 Å². The van der Waals surface area contributed by atoms with E-state index in [-0.39, 0.29) is 17.2 Å². The third-order valence-corrected chi connectivity index (χ3v) is 4.08. The SMILES string of the molecule is COc1ccccc1/C(N)=N/OC(C)C(=O)Nc1ccc(C(C)(C)C)cc1. The van der Waals surface area contributed by atoms with Crippen molar-refractivity contribution in [1.82, 2.24) is 0 Å². The zero-order chi connectivity index (χ0) is 20.0. The number of nitrogens with one attached hydrogen (secondary N) is 1. The number of amides is 1. The monoisotopic (exact) mass is 369 g/mol. The van der Waals surface area contributed by atoms with Crippen LogP contribution in [0.4, 0.5) is 5.69 Å². The summed E-state index contributed by atoms with van der Waals surface area (Å²) in [4.78, 5) is 17.6. The van der Waals surface area contributed by atoms with E-state index in [1.54, 1.807) is 26.2 Å². The topological polar surface area (TPSA) is 85.9 Å². The molecule has 0 saturated heterocycles. The van der Waals surface area contributed by atoms with Gasteiger partial charge in [0.1, 0.15) is 5.75 Å². The minimum atomic E-state index is -0.805. The second-order valence-electron chi connectivity index (χ2n) is 7.24. The maximum atomic E-state index is 12.3. The summed E-state index contributed by atoms with van der Waals surface area (Å²) in [7, 11) is 1.55. The average molecular weight is 369 g/mol. The first-order chi connectivity index (χ1) is 12.7. The fraction of sp³-hybridized carbons (Fsp3) is 0.333. The number of hydrogen-bond donors (Lipinski definition) is 2. The first-order valence-corrected chi connectivity index (χ1v) is 8.76. The van der Waals surface area contributed by atoms with Crippen molar-refractivity contribution in [3.8, 4) is 5.75 Å². The van der Waals surface area contributed by atoms with Gasteiger partial charge in [0, 0.05) is 5.69 Å². The molecule has 144 valence electrons. The lowest BCUT2D eigenvalue weighted by molar-refractivity contribution is -0.126. The van der Waals surface area contributed by atoms with Crippen LogP contribution in [0, 0.1) is 0 Å². The lowest BCUT2D eigenvalue weighted by atomic mass is 9.87. The Balaban J connectivity index is 1.99. The number of para-hydroxylation sites is 1. The van der Waals surface area contributed by atoms with E-state index in [0.29, 0.717) is 17.0 Å². The molecule has 1 atom stereocenters. The zero-order valence-electron chi connectivity index (χ0n) is 16.4. The molecule has 0 aliphatic rings. The number of nitrogens with zero attached hydrogens (tertiary/aromatic N) is 1. The second-order valence-corrected chi connectivity index (χ2v) is 7.24. The minimum absolute atomic E-state index is 0.0592. The summed E-state index contributed by atoms with van der Waals surface area (Å²) in [5.74, 6) is 0.412. The molecule has 3 N–H and O–H groups in total. The molecule has 0 saturated carbocycles. The highest BCUT2D eigenvalue weighted by atomic mass is 16.6. The number of carbonyl (C=O) groups excluding carboxylic acids is 1. The fourth-order valence-corrected chi connectivity index (χ4v) is 2.39. The van der Waals surface area contributed by atoms with Crippen LogP contribution in [-0.4, -0.2) is 25.0 Å². The molecule has 1 amide bonds. The van der Waals surface area contributed by atoms with Gasteiger partial charge in [0.25, 0.3) is 5.91 Å². The van der Waals surface area contributed by atoms with Crippen molar-refractivity contribution in [2.24, 2.45) is 10.9 Å². The highest BCUT2D eigenvalue weighted by Gasteiger charge is 2.17. The number of benzene rings is 2. The Kier molecular flexibility index (Phi) is 6.45. The van der Waals surface area contributed by atoms with Crippen LogP contribution >= 0.6 is 0 Å². The third kappa shape index (κ3) is 5.48. The van der Waals surface area contributed by atoms with Crippen molar-refractivity contribution < 1.29 is 14.4 Å². The van der Waals surface area contributed by atoms with E-state index in [4.69, 9.17) is 15.3 Å². The van der Waals surface area contributed by atoms with Crippen molar-refractivity contribution in [2.45, 2.75) is 39.2 Å². The molecule has 0 bridgehead atoms. The van der Waals surface area contributed by atoms with Crippen molar-refractivity contribution in [3.63, 3.8) is 0 Å². The van der Waals surface area contributed by atoms with Gasteiger partial charge in [-0.3, -0.25) is 4.79 Å². The summed E-state index contributed by atoms with van der Waals surface area (Å²) in [6, 6.07) is 14.9. The van der Waals surface area contributed by atoms with Crippen molar-refractivity contribution in [2.75, 3.05) is 12.4 Å². The van der Waals surface area contributed by atoms with Crippen molar-refractivity contribution >= 4 is 17.4 Å². The number of oxime groups is 1. The summed E-state index contributed by atoms with van der Waals surface area (Å²) in [5, 5.41) is 6.67. The quantitative estimate of drug-likeness (QED) is 0.462. The van der Waals surface area contributed by atoms with Crippen LogP contribution in [0.1, 0.15) is 38.8 Å². The van der Waals surface area contributed by atoms with Gasteiger partial charge in [0.05, 0.1) is 12.7 Å². The number of nitrogens with two attached hydrogens (primary N) is 1. The highest BCUT2D eigenvalue weighted by Crippen LogP contribution is 2.23. The summed E-state index contributed by atoms with van der Waals surface area (Å²) < 4.78 is 5.24. The zero-order valence-corrected chi connectivity index (χ0v) is 16.4. The van der Waals surface area contributed by atoms with Crippen LogP contribution in [0.25, 0.3) is 0 Å². The van der Waals surface area contributed by atoms with Gasteiger partial charge in [-0.2, -0.15) is 0 Å². The van der Waals surface area contributed by atoms with Crippen LogP contribution in [0.2, 0.25) is 0 Å². The van der Waals surface area contributed by atoms with Gasteiger partial charge in [0.15, 0.2) is 5.84 Å². The van der Waals surface area contributed by atoms with E-state index in [2.05, 4.69) is 31.2 Å². The molecule has 2 aromatic rings. The smallest absolute Gasteiger partial charge is 0.267 e. The van der Waals surface area contributed by atoms with E-state index in [9.17, 15) is 4.79 Å². The molecule has 0 spiro atoms. The molecule has 0 aliphatic heterocycles. The van der Waals surface area contributed by atoms with E-state index in [1.165, 1.54) is 5.56 Å². The Bertz CT molecular complexity index is 808. The number of amidine groups is 1. The molecule has 0 fully saturated rings. The number of hydrogen-bond acceptors (Lipinski definition) is 4. The fourth-order valence-electron chi connectivity index (χ4n) is 2.39. The largest absolute Gasteiger partial charge is 0.496 e. The molecule has 0 heterocycles. The average Bonchev–Trinajstić information content (AvgIpc) is 2.65. The molecular formula is C21H27N3O3. The lowest BCUT2D eigenvalue weighted by Gasteiger charge is -2.19. The molecule has 0 aliphatic carbocycles.